The van der Waals surface area contributed by atoms with Crippen molar-refractivity contribution in [1.29, 1.82) is 0 Å². The molecular formula is C16H17F2NO. The smallest absolute Gasteiger partial charge is 0.146 e. The Morgan fingerprint density at radius 1 is 1.10 bits per heavy atom. The first-order chi connectivity index (χ1) is 9.49. The summed E-state index contributed by atoms with van der Waals surface area (Å²) in [5.74, 6) is -0.681. The van der Waals surface area contributed by atoms with Gasteiger partial charge in [0.2, 0.25) is 0 Å². The van der Waals surface area contributed by atoms with Crippen molar-refractivity contribution in [2.75, 3.05) is 11.9 Å². The second kappa shape index (κ2) is 6.01. The van der Waals surface area contributed by atoms with Crippen LogP contribution in [-0.2, 0) is 6.54 Å². The van der Waals surface area contributed by atoms with Crippen molar-refractivity contribution in [2.24, 2.45) is 0 Å². The molecule has 0 unspecified atom stereocenters. The molecule has 0 aliphatic rings. The molecule has 0 spiro atoms. The van der Waals surface area contributed by atoms with Gasteiger partial charge in [-0.3, -0.25) is 0 Å². The molecule has 0 amide bonds. The van der Waals surface area contributed by atoms with Gasteiger partial charge < -0.3 is 10.0 Å². The minimum atomic E-state index is -0.753. The van der Waals surface area contributed by atoms with Gasteiger partial charge in [0, 0.05) is 19.2 Å². The third-order valence-corrected chi connectivity index (χ3v) is 3.18. The number of aliphatic hydroxyl groups is 1. The maximum Gasteiger partial charge on any atom is 0.146 e. The highest BCUT2D eigenvalue weighted by molar-refractivity contribution is 5.55. The summed E-state index contributed by atoms with van der Waals surface area (Å²) in [5.41, 5.74) is 1.77. The summed E-state index contributed by atoms with van der Waals surface area (Å²) >= 11 is 0. The Bertz CT molecular complexity index is 582. The topological polar surface area (TPSA) is 23.5 Å². The van der Waals surface area contributed by atoms with Crippen LogP contribution in [0.2, 0.25) is 0 Å². The second-order valence-electron chi connectivity index (χ2n) is 4.84. The molecular weight excluding hydrogens is 260 g/mol. The van der Waals surface area contributed by atoms with E-state index in [0.29, 0.717) is 17.8 Å². The van der Waals surface area contributed by atoms with Crippen LogP contribution in [0.15, 0.2) is 42.5 Å². The lowest BCUT2D eigenvalue weighted by Gasteiger charge is -2.24. The molecule has 0 bridgehead atoms. The first-order valence-corrected chi connectivity index (χ1v) is 6.41. The van der Waals surface area contributed by atoms with Crippen molar-refractivity contribution < 1.29 is 13.9 Å². The number of para-hydroxylation sites is 1. The summed E-state index contributed by atoms with van der Waals surface area (Å²) in [6, 6.07) is 10.7. The van der Waals surface area contributed by atoms with E-state index < -0.39 is 6.10 Å². The van der Waals surface area contributed by atoms with E-state index in [1.165, 1.54) is 18.2 Å². The van der Waals surface area contributed by atoms with Gasteiger partial charge >= 0.3 is 0 Å². The molecule has 0 radical (unpaired) electrons. The van der Waals surface area contributed by atoms with Crippen LogP contribution in [0.3, 0.4) is 0 Å². The van der Waals surface area contributed by atoms with Crippen molar-refractivity contribution in [3.8, 4) is 0 Å². The highest BCUT2D eigenvalue weighted by Gasteiger charge is 2.16. The number of benzene rings is 2. The molecule has 2 aromatic carbocycles. The Morgan fingerprint density at radius 2 is 1.75 bits per heavy atom. The highest BCUT2D eigenvalue weighted by atomic mass is 19.1. The van der Waals surface area contributed by atoms with E-state index in [1.54, 1.807) is 43.1 Å². The van der Waals surface area contributed by atoms with E-state index in [-0.39, 0.29) is 11.6 Å². The molecule has 20 heavy (non-hydrogen) atoms. The predicted octanol–water partition coefficient (Wildman–Crippen LogP) is 3.65. The lowest BCUT2D eigenvalue weighted by molar-refractivity contribution is 0.199. The van der Waals surface area contributed by atoms with Crippen LogP contribution in [-0.4, -0.2) is 12.2 Å². The van der Waals surface area contributed by atoms with Crippen LogP contribution in [0.25, 0.3) is 0 Å². The van der Waals surface area contributed by atoms with Crippen LogP contribution in [0.4, 0.5) is 14.5 Å². The van der Waals surface area contributed by atoms with Crippen LogP contribution in [0.5, 0.6) is 0 Å². The van der Waals surface area contributed by atoms with E-state index >= 15 is 0 Å². The van der Waals surface area contributed by atoms with Crippen molar-refractivity contribution >= 4 is 5.69 Å². The van der Waals surface area contributed by atoms with Crippen molar-refractivity contribution in [1.82, 2.24) is 0 Å². The number of hydrogen-bond acceptors (Lipinski definition) is 2. The lowest BCUT2D eigenvalue weighted by Crippen LogP contribution is -2.20. The van der Waals surface area contributed by atoms with Gasteiger partial charge in [-0.25, -0.2) is 8.78 Å². The van der Waals surface area contributed by atoms with Crippen molar-refractivity contribution in [2.45, 2.75) is 19.6 Å². The van der Waals surface area contributed by atoms with Crippen LogP contribution in [0.1, 0.15) is 24.2 Å². The molecule has 106 valence electrons. The summed E-state index contributed by atoms with van der Waals surface area (Å²) in [7, 11) is 1.74. The predicted molar refractivity (Wildman–Crippen MR) is 75.5 cm³/mol. The molecule has 0 aliphatic heterocycles. The fourth-order valence-electron chi connectivity index (χ4n) is 2.21. The number of rotatable bonds is 4. The average molecular weight is 277 g/mol. The third kappa shape index (κ3) is 3.14. The molecule has 0 fully saturated rings. The van der Waals surface area contributed by atoms with Crippen LogP contribution in [0, 0.1) is 11.6 Å². The monoisotopic (exact) mass is 277 g/mol. The Hall–Kier alpha value is -1.94. The zero-order chi connectivity index (χ0) is 14.7. The van der Waals surface area contributed by atoms with E-state index in [4.69, 9.17) is 0 Å². The third-order valence-electron chi connectivity index (χ3n) is 3.18. The number of halogens is 2. The first-order valence-electron chi connectivity index (χ1n) is 6.41. The first kappa shape index (κ1) is 14.5. The van der Waals surface area contributed by atoms with Gasteiger partial charge in [-0.1, -0.05) is 24.3 Å². The zero-order valence-corrected chi connectivity index (χ0v) is 11.5. The molecule has 0 heterocycles. The Morgan fingerprint density at radius 3 is 2.35 bits per heavy atom. The van der Waals surface area contributed by atoms with Gasteiger partial charge in [0.25, 0.3) is 0 Å². The lowest BCUT2D eigenvalue weighted by atomic mass is 10.1. The van der Waals surface area contributed by atoms with Crippen molar-refractivity contribution in [3.05, 3.63) is 65.2 Å². The summed E-state index contributed by atoms with van der Waals surface area (Å²) in [6.07, 6.45) is -0.753. The number of nitrogens with zero attached hydrogens (tertiary/aromatic N) is 1. The molecule has 2 nitrogen and oxygen atoms in total. The minimum absolute atomic E-state index is 0.299. The van der Waals surface area contributed by atoms with Crippen LogP contribution >= 0.6 is 0 Å². The fourth-order valence-corrected chi connectivity index (χ4v) is 2.21. The Kier molecular flexibility index (Phi) is 4.35. The molecule has 1 atom stereocenters. The van der Waals surface area contributed by atoms with Gasteiger partial charge in [0.05, 0.1) is 11.8 Å². The SMILES string of the molecule is C[C@@H](O)c1cccc(F)c1N(C)Cc1ccc(F)cc1. The minimum Gasteiger partial charge on any atom is -0.389 e. The van der Waals surface area contributed by atoms with Gasteiger partial charge in [0.1, 0.15) is 11.6 Å². The number of anilines is 1. The normalized spacial score (nSPS) is 12.2. The molecule has 0 aromatic heterocycles. The van der Waals surface area contributed by atoms with Crippen LogP contribution < -0.4 is 4.90 Å². The molecule has 4 heteroatoms. The van der Waals surface area contributed by atoms with Gasteiger partial charge in [-0.15, -0.1) is 0 Å². The van der Waals surface area contributed by atoms with Gasteiger partial charge in [0.15, 0.2) is 0 Å². The molecule has 1 N–H and O–H groups in total. The number of hydrogen-bond donors (Lipinski definition) is 1. The quantitative estimate of drug-likeness (QED) is 0.922. The molecule has 0 aliphatic carbocycles. The Labute approximate surface area is 117 Å². The summed E-state index contributed by atoms with van der Waals surface area (Å²) in [6.45, 7) is 2.03. The zero-order valence-electron chi connectivity index (χ0n) is 11.5. The van der Waals surface area contributed by atoms with E-state index in [0.717, 1.165) is 5.56 Å². The summed E-state index contributed by atoms with van der Waals surface area (Å²) in [4.78, 5) is 1.71. The summed E-state index contributed by atoms with van der Waals surface area (Å²) in [5, 5.41) is 9.74. The molecule has 2 rings (SSSR count). The fraction of sp³-hybridized carbons (Fsp3) is 0.250. The summed E-state index contributed by atoms with van der Waals surface area (Å²) < 4.78 is 26.9. The standard InChI is InChI=1S/C16H17F2NO/c1-11(20)14-4-3-5-15(18)16(14)19(2)10-12-6-8-13(17)9-7-12/h3-9,11,20H,10H2,1-2H3/t11-/m1/s1. The molecule has 0 saturated heterocycles. The van der Waals surface area contributed by atoms with Crippen molar-refractivity contribution in [3.63, 3.8) is 0 Å². The highest BCUT2D eigenvalue weighted by Crippen LogP contribution is 2.29. The van der Waals surface area contributed by atoms with E-state index in [2.05, 4.69) is 0 Å². The number of aliphatic hydroxyl groups excluding tert-OH is 1. The van der Waals surface area contributed by atoms with Gasteiger partial charge in [-0.2, -0.15) is 0 Å². The second-order valence-corrected chi connectivity index (χ2v) is 4.84. The maximum absolute atomic E-state index is 14.0. The average Bonchev–Trinajstić information content (AvgIpc) is 2.40. The van der Waals surface area contributed by atoms with E-state index in [9.17, 15) is 13.9 Å². The maximum atomic E-state index is 14.0. The molecule has 2 aromatic rings. The van der Waals surface area contributed by atoms with Gasteiger partial charge in [-0.05, 0) is 30.7 Å². The Balaban J connectivity index is 2.29. The van der Waals surface area contributed by atoms with E-state index in [1.807, 2.05) is 0 Å². The molecule has 0 saturated carbocycles. The largest absolute Gasteiger partial charge is 0.389 e.